The molecule has 1 atom stereocenters. The molecule has 126 valence electrons. The van der Waals surface area contributed by atoms with Crippen molar-refractivity contribution in [1.82, 2.24) is 9.88 Å². The molecule has 1 saturated heterocycles. The van der Waals surface area contributed by atoms with Gasteiger partial charge in [0.15, 0.2) is 0 Å². The Hall–Kier alpha value is -2.36. The van der Waals surface area contributed by atoms with E-state index < -0.39 is 0 Å². The highest BCUT2D eigenvalue weighted by Gasteiger charge is 2.27. The zero-order valence-electron chi connectivity index (χ0n) is 14.5. The number of aromatic nitrogens is 1. The zero-order valence-corrected chi connectivity index (χ0v) is 14.5. The van der Waals surface area contributed by atoms with Crippen molar-refractivity contribution in [2.24, 2.45) is 0 Å². The van der Waals surface area contributed by atoms with E-state index in [1.165, 1.54) is 16.8 Å². The van der Waals surface area contributed by atoms with Gasteiger partial charge in [-0.25, -0.2) is 0 Å². The molecule has 1 amide bonds. The minimum atomic E-state index is 0.239. The number of anilines is 1. The van der Waals surface area contributed by atoms with Crippen LogP contribution in [-0.2, 0) is 11.2 Å². The van der Waals surface area contributed by atoms with Crippen LogP contribution in [0.3, 0.4) is 0 Å². The third-order valence-electron chi connectivity index (χ3n) is 4.78. The lowest BCUT2D eigenvalue weighted by atomic mass is 10.1. The highest BCUT2D eigenvalue weighted by Crippen LogP contribution is 2.23. The van der Waals surface area contributed by atoms with Gasteiger partial charge < -0.3 is 9.80 Å². The Balaban J connectivity index is 1.57. The Morgan fingerprint density at radius 1 is 1.17 bits per heavy atom. The van der Waals surface area contributed by atoms with Gasteiger partial charge in [-0.3, -0.25) is 9.78 Å². The predicted octanol–water partition coefficient (Wildman–Crippen LogP) is 3.06. The van der Waals surface area contributed by atoms with E-state index in [1.807, 2.05) is 17.0 Å². The van der Waals surface area contributed by atoms with Crippen LogP contribution in [0.2, 0.25) is 0 Å². The molecular formula is C20H25N3O. The van der Waals surface area contributed by atoms with Crippen molar-refractivity contribution in [3.63, 3.8) is 0 Å². The normalized spacial score (nSPS) is 17.8. The second kappa shape index (κ2) is 7.47. The number of para-hydroxylation sites is 1. The molecule has 0 unspecified atom stereocenters. The van der Waals surface area contributed by atoms with Gasteiger partial charge in [-0.2, -0.15) is 0 Å². The topological polar surface area (TPSA) is 36.4 Å². The van der Waals surface area contributed by atoms with E-state index in [4.69, 9.17) is 0 Å². The summed E-state index contributed by atoms with van der Waals surface area (Å²) in [6, 6.07) is 12.7. The van der Waals surface area contributed by atoms with Crippen LogP contribution in [0.4, 0.5) is 5.69 Å². The lowest BCUT2D eigenvalue weighted by Gasteiger charge is -2.41. The number of nitrogens with zero attached hydrogens (tertiary/aromatic N) is 3. The minimum absolute atomic E-state index is 0.239. The molecule has 0 radical (unpaired) electrons. The molecular weight excluding hydrogens is 298 g/mol. The summed E-state index contributed by atoms with van der Waals surface area (Å²) in [6.45, 7) is 6.88. The predicted molar refractivity (Wildman–Crippen MR) is 97.1 cm³/mol. The third-order valence-corrected chi connectivity index (χ3v) is 4.78. The Labute approximate surface area is 144 Å². The van der Waals surface area contributed by atoms with Gasteiger partial charge in [0.1, 0.15) is 0 Å². The number of carbonyl (C=O) groups is 1. The average Bonchev–Trinajstić information content (AvgIpc) is 2.61. The summed E-state index contributed by atoms with van der Waals surface area (Å²) in [5.74, 6) is 0.253. The Kier molecular flexibility index (Phi) is 5.14. The van der Waals surface area contributed by atoms with Crippen molar-refractivity contribution < 1.29 is 4.79 Å². The molecule has 0 saturated carbocycles. The standard InChI is InChI=1S/C20H25N3O/c1-16-5-3-4-6-19(16)22-13-14-23(17(2)15-22)20(24)8-7-18-9-11-21-12-10-18/h3-6,9-12,17H,7-8,13-15H2,1-2H3/t17-/m0/s1. The molecule has 0 N–H and O–H groups in total. The molecule has 4 nitrogen and oxygen atoms in total. The third kappa shape index (κ3) is 3.75. The maximum Gasteiger partial charge on any atom is 0.223 e. The Morgan fingerprint density at radius 3 is 2.62 bits per heavy atom. The molecule has 1 aliphatic rings. The van der Waals surface area contributed by atoms with Crippen molar-refractivity contribution in [3.05, 3.63) is 59.9 Å². The monoisotopic (exact) mass is 323 g/mol. The molecule has 4 heteroatoms. The molecule has 0 aliphatic carbocycles. The molecule has 1 fully saturated rings. The number of pyridine rings is 1. The number of piperazine rings is 1. The second-order valence-corrected chi connectivity index (χ2v) is 6.52. The van der Waals surface area contributed by atoms with Crippen LogP contribution >= 0.6 is 0 Å². The lowest BCUT2D eigenvalue weighted by Crippen LogP contribution is -2.54. The molecule has 3 rings (SSSR count). The molecule has 0 bridgehead atoms. The van der Waals surface area contributed by atoms with E-state index in [9.17, 15) is 4.79 Å². The molecule has 1 aliphatic heterocycles. The van der Waals surface area contributed by atoms with Crippen molar-refractivity contribution in [2.75, 3.05) is 24.5 Å². The molecule has 2 aromatic rings. The number of rotatable bonds is 4. The van der Waals surface area contributed by atoms with E-state index in [-0.39, 0.29) is 11.9 Å². The number of carbonyl (C=O) groups excluding carboxylic acids is 1. The summed E-state index contributed by atoms with van der Waals surface area (Å²) in [6.07, 6.45) is 4.91. The molecule has 2 heterocycles. The van der Waals surface area contributed by atoms with Crippen molar-refractivity contribution >= 4 is 11.6 Å². The quantitative estimate of drug-likeness (QED) is 0.868. The van der Waals surface area contributed by atoms with Crippen molar-refractivity contribution in [3.8, 4) is 0 Å². The number of amides is 1. The maximum absolute atomic E-state index is 12.6. The molecule has 24 heavy (non-hydrogen) atoms. The van der Waals surface area contributed by atoms with Crippen molar-refractivity contribution in [1.29, 1.82) is 0 Å². The number of hydrogen-bond donors (Lipinski definition) is 0. The minimum Gasteiger partial charge on any atom is -0.367 e. The molecule has 0 spiro atoms. The SMILES string of the molecule is Cc1ccccc1N1CCN(C(=O)CCc2ccncc2)[C@@H](C)C1. The molecule has 1 aromatic carbocycles. The Morgan fingerprint density at radius 2 is 1.92 bits per heavy atom. The van der Waals surface area contributed by atoms with E-state index in [1.54, 1.807) is 12.4 Å². The van der Waals surface area contributed by atoms with E-state index in [2.05, 4.69) is 48.0 Å². The van der Waals surface area contributed by atoms with Gasteiger partial charge in [-0.1, -0.05) is 18.2 Å². The van der Waals surface area contributed by atoms with Gasteiger partial charge in [-0.05, 0) is 49.6 Å². The first-order valence-corrected chi connectivity index (χ1v) is 8.64. The van der Waals surface area contributed by atoms with Crippen LogP contribution in [0.5, 0.6) is 0 Å². The largest absolute Gasteiger partial charge is 0.367 e. The summed E-state index contributed by atoms with van der Waals surface area (Å²) in [4.78, 5) is 21.0. The van der Waals surface area contributed by atoms with E-state index >= 15 is 0 Å². The first-order chi connectivity index (χ1) is 11.6. The van der Waals surface area contributed by atoms with Gasteiger partial charge in [0.2, 0.25) is 5.91 Å². The van der Waals surface area contributed by atoms with Gasteiger partial charge in [0, 0.05) is 50.2 Å². The van der Waals surface area contributed by atoms with Gasteiger partial charge >= 0.3 is 0 Å². The smallest absolute Gasteiger partial charge is 0.223 e. The number of benzene rings is 1. The first-order valence-electron chi connectivity index (χ1n) is 8.64. The highest BCUT2D eigenvalue weighted by atomic mass is 16.2. The fourth-order valence-corrected chi connectivity index (χ4v) is 3.41. The summed E-state index contributed by atoms with van der Waals surface area (Å²) in [7, 11) is 0. The van der Waals surface area contributed by atoms with Crippen molar-refractivity contribution in [2.45, 2.75) is 32.7 Å². The zero-order chi connectivity index (χ0) is 16.9. The summed E-state index contributed by atoms with van der Waals surface area (Å²) in [5, 5.41) is 0. The van der Waals surface area contributed by atoms with Crippen LogP contribution in [0.15, 0.2) is 48.8 Å². The molecule has 1 aromatic heterocycles. The van der Waals surface area contributed by atoms with Crippen LogP contribution in [-0.4, -0.2) is 41.5 Å². The number of hydrogen-bond acceptors (Lipinski definition) is 3. The summed E-state index contributed by atoms with van der Waals surface area (Å²) in [5.41, 5.74) is 3.75. The summed E-state index contributed by atoms with van der Waals surface area (Å²) < 4.78 is 0. The first kappa shape index (κ1) is 16.5. The van der Waals surface area contributed by atoms with Crippen LogP contribution in [0.25, 0.3) is 0 Å². The van der Waals surface area contributed by atoms with Crippen LogP contribution in [0.1, 0.15) is 24.5 Å². The number of aryl methyl sites for hydroxylation is 2. The van der Waals surface area contributed by atoms with Crippen LogP contribution < -0.4 is 4.90 Å². The van der Waals surface area contributed by atoms with Gasteiger partial charge in [0.05, 0.1) is 0 Å². The van der Waals surface area contributed by atoms with Gasteiger partial charge in [-0.15, -0.1) is 0 Å². The van der Waals surface area contributed by atoms with E-state index in [0.717, 1.165) is 26.1 Å². The second-order valence-electron chi connectivity index (χ2n) is 6.52. The van der Waals surface area contributed by atoms with Gasteiger partial charge in [0.25, 0.3) is 0 Å². The van der Waals surface area contributed by atoms with E-state index in [0.29, 0.717) is 6.42 Å². The summed E-state index contributed by atoms with van der Waals surface area (Å²) >= 11 is 0. The average molecular weight is 323 g/mol. The van der Waals surface area contributed by atoms with Crippen LogP contribution in [0, 0.1) is 6.92 Å². The fraction of sp³-hybridized carbons (Fsp3) is 0.400. The fourth-order valence-electron chi connectivity index (χ4n) is 3.41. The highest BCUT2D eigenvalue weighted by molar-refractivity contribution is 5.77. The lowest BCUT2D eigenvalue weighted by molar-refractivity contribution is -0.133. The Bertz CT molecular complexity index is 686. The maximum atomic E-state index is 12.6.